The molecule has 0 N–H and O–H groups in total. The summed E-state index contributed by atoms with van der Waals surface area (Å²) in [4.78, 5) is 37.9. The van der Waals surface area contributed by atoms with Gasteiger partial charge in [-0.2, -0.15) is 0 Å². The van der Waals surface area contributed by atoms with Crippen LogP contribution < -0.4 is 0 Å². The topological polar surface area (TPSA) is 78.9 Å². The Morgan fingerprint density at radius 1 is 0.322 bits per heavy atom. The number of rotatable bonds is 47. The lowest BCUT2D eigenvalue weighted by molar-refractivity contribution is -0.167. The number of hydrogen-bond acceptors (Lipinski definition) is 6. The van der Waals surface area contributed by atoms with Crippen molar-refractivity contribution in [2.75, 3.05) is 13.2 Å². The Bertz CT molecular complexity index is 958. The first kappa shape index (κ1) is 56.9. The highest BCUT2D eigenvalue weighted by Crippen LogP contribution is 2.16. The molecule has 0 aromatic heterocycles. The van der Waals surface area contributed by atoms with Gasteiger partial charge in [-0.1, -0.05) is 218 Å². The van der Waals surface area contributed by atoms with Crippen molar-refractivity contribution in [3.63, 3.8) is 0 Å². The van der Waals surface area contributed by atoms with Crippen LogP contribution in [0.15, 0.2) is 24.3 Å². The summed E-state index contributed by atoms with van der Waals surface area (Å²) >= 11 is 0. The number of esters is 3. The molecule has 0 aromatic carbocycles. The molecule has 346 valence electrons. The third-order valence-electron chi connectivity index (χ3n) is 11.4. The second-order valence-corrected chi connectivity index (χ2v) is 17.4. The number of unbranched alkanes of at least 4 members (excludes halogenated alkanes) is 32. The molecule has 0 aliphatic heterocycles. The van der Waals surface area contributed by atoms with Gasteiger partial charge in [-0.3, -0.25) is 14.4 Å². The average molecular weight is 831 g/mol. The van der Waals surface area contributed by atoms with Crippen LogP contribution in [0, 0.1) is 0 Å². The van der Waals surface area contributed by atoms with Gasteiger partial charge in [0.1, 0.15) is 13.2 Å². The molecule has 0 aliphatic rings. The maximum absolute atomic E-state index is 12.7. The minimum Gasteiger partial charge on any atom is -0.462 e. The molecule has 0 bridgehead atoms. The quantitative estimate of drug-likeness (QED) is 0.0263. The summed E-state index contributed by atoms with van der Waals surface area (Å²) in [5.74, 6) is -0.882. The summed E-state index contributed by atoms with van der Waals surface area (Å²) in [6.07, 6.45) is 54.5. The summed E-state index contributed by atoms with van der Waals surface area (Å²) in [5, 5.41) is 0. The van der Waals surface area contributed by atoms with Crippen LogP contribution in [0.1, 0.15) is 278 Å². The highest BCUT2D eigenvalue weighted by atomic mass is 16.6. The maximum Gasteiger partial charge on any atom is 0.306 e. The van der Waals surface area contributed by atoms with Crippen LogP contribution in [0.3, 0.4) is 0 Å². The fourth-order valence-corrected chi connectivity index (χ4v) is 7.48. The van der Waals surface area contributed by atoms with Crippen molar-refractivity contribution in [3.05, 3.63) is 24.3 Å². The fraction of sp³-hybridized carbons (Fsp3) is 0.868. The van der Waals surface area contributed by atoms with Gasteiger partial charge in [-0.05, 0) is 64.2 Å². The van der Waals surface area contributed by atoms with Gasteiger partial charge in [0, 0.05) is 19.3 Å². The zero-order valence-corrected chi connectivity index (χ0v) is 39.5. The van der Waals surface area contributed by atoms with E-state index in [9.17, 15) is 14.4 Å². The van der Waals surface area contributed by atoms with E-state index in [2.05, 4.69) is 45.1 Å². The average Bonchev–Trinajstić information content (AvgIpc) is 3.23. The molecule has 0 aromatic rings. The highest BCUT2D eigenvalue weighted by Gasteiger charge is 2.19. The Labute approximate surface area is 366 Å². The van der Waals surface area contributed by atoms with E-state index >= 15 is 0 Å². The van der Waals surface area contributed by atoms with E-state index in [1.165, 1.54) is 167 Å². The standard InChI is InChI=1S/C53H98O6/c1-4-7-10-13-16-19-22-24-25-26-27-28-29-32-34-37-40-43-46-52(55)58-49-50(48-57-51(54)45-42-39-36-33-30-21-18-15-12-9-6-3)59-53(56)47-44-41-38-35-31-23-20-17-14-11-8-5-2/h15,17-18,20,50H,4-14,16,19,21-49H2,1-3H3/b18-15-,20-17-. The zero-order valence-electron chi connectivity index (χ0n) is 39.5. The number of carbonyl (C=O) groups excluding carboxylic acids is 3. The number of hydrogen-bond donors (Lipinski definition) is 0. The Morgan fingerprint density at radius 2 is 0.576 bits per heavy atom. The van der Waals surface area contributed by atoms with Crippen LogP contribution >= 0.6 is 0 Å². The summed E-state index contributed by atoms with van der Waals surface area (Å²) in [5.41, 5.74) is 0. The number of carbonyl (C=O) groups is 3. The van der Waals surface area contributed by atoms with Crippen LogP contribution in [0.2, 0.25) is 0 Å². The fourth-order valence-electron chi connectivity index (χ4n) is 7.48. The minimum absolute atomic E-state index is 0.0737. The predicted molar refractivity (Wildman–Crippen MR) is 252 cm³/mol. The summed E-state index contributed by atoms with van der Waals surface area (Å²) in [6, 6.07) is 0. The van der Waals surface area contributed by atoms with E-state index in [4.69, 9.17) is 14.2 Å². The van der Waals surface area contributed by atoms with Gasteiger partial charge in [0.15, 0.2) is 6.10 Å². The van der Waals surface area contributed by atoms with E-state index in [1.54, 1.807) is 0 Å². The SMILES string of the molecule is CCCC/C=C\CCCCCCCC(=O)OCC(COC(=O)CCCCCCCCCCCCCCCCCCCC)OC(=O)CCCCCCC/C=C\CCCCC. The first-order valence-electron chi connectivity index (χ1n) is 25.8. The Hall–Kier alpha value is -2.11. The molecule has 1 atom stereocenters. The highest BCUT2D eigenvalue weighted by molar-refractivity contribution is 5.71. The van der Waals surface area contributed by atoms with Crippen LogP contribution in [0.4, 0.5) is 0 Å². The summed E-state index contributed by atoms with van der Waals surface area (Å²) in [7, 11) is 0. The van der Waals surface area contributed by atoms with Crippen molar-refractivity contribution in [2.24, 2.45) is 0 Å². The molecule has 0 rings (SSSR count). The second kappa shape index (κ2) is 48.6. The second-order valence-electron chi connectivity index (χ2n) is 17.4. The lowest BCUT2D eigenvalue weighted by atomic mass is 10.0. The normalized spacial score (nSPS) is 12.1. The van der Waals surface area contributed by atoms with Gasteiger partial charge < -0.3 is 14.2 Å². The molecule has 6 heteroatoms. The number of ether oxygens (including phenoxy) is 3. The Balaban J connectivity index is 4.29. The monoisotopic (exact) mass is 831 g/mol. The molecular weight excluding hydrogens is 733 g/mol. The van der Waals surface area contributed by atoms with Crippen molar-refractivity contribution in [2.45, 2.75) is 284 Å². The molecule has 0 saturated heterocycles. The first-order chi connectivity index (χ1) is 29.0. The van der Waals surface area contributed by atoms with Crippen molar-refractivity contribution in [1.82, 2.24) is 0 Å². The van der Waals surface area contributed by atoms with E-state index in [0.717, 1.165) is 70.6 Å². The van der Waals surface area contributed by atoms with E-state index in [1.807, 2.05) is 0 Å². The lowest BCUT2D eigenvalue weighted by Gasteiger charge is -2.18. The third kappa shape index (κ3) is 46.8. The lowest BCUT2D eigenvalue weighted by Crippen LogP contribution is -2.30. The van der Waals surface area contributed by atoms with Gasteiger partial charge in [-0.25, -0.2) is 0 Å². The van der Waals surface area contributed by atoms with Crippen LogP contribution in [-0.2, 0) is 28.6 Å². The van der Waals surface area contributed by atoms with Gasteiger partial charge in [-0.15, -0.1) is 0 Å². The van der Waals surface area contributed by atoms with E-state index in [-0.39, 0.29) is 31.1 Å². The van der Waals surface area contributed by atoms with Gasteiger partial charge in [0.2, 0.25) is 0 Å². The summed E-state index contributed by atoms with van der Waals surface area (Å²) < 4.78 is 16.8. The first-order valence-corrected chi connectivity index (χ1v) is 25.8. The smallest absolute Gasteiger partial charge is 0.306 e. The summed E-state index contributed by atoms with van der Waals surface area (Å²) in [6.45, 7) is 6.59. The third-order valence-corrected chi connectivity index (χ3v) is 11.4. The van der Waals surface area contributed by atoms with Crippen LogP contribution in [0.25, 0.3) is 0 Å². The molecule has 0 radical (unpaired) electrons. The van der Waals surface area contributed by atoms with Crippen molar-refractivity contribution in [3.8, 4) is 0 Å². The predicted octanol–water partition coefficient (Wildman–Crippen LogP) is 16.8. The molecule has 0 aliphatic carbocycles. The molecule has 0 saturated carbocycles. The molecule has 59 heavy (non-hydrogen) atoms. The number of allylic oxidation sites excluding steroid dienone is 4. The van der Waals surface area contributed by atoms with E-state index in [0.29, 0.717) is 19.3 Å². The largest absolute Gasteiger partial charge is 0.462 e. The van der Waals surface area contributed by atoms with Crippen molar-refractivity contribution < 1.29 is 28.6 Å². The van der Waals surface area contributed by atoms with Gasteiger partial charge in [0.25, 0.3) is 0 Å². The zero-order chi connectivity index (χ0) is 43.0. The van der Waals surface area contributed by atoms with Gasteiger partial charge in [0.05, 0.1) is 0 Å². The Kier molecular flexibility index (Phi) is 46.8. The Morgan fingerprint density at radius 3 is 0.932 bits per heavy atom. The van der Waals surface area contributed by atoms with Crippen molar-refractivity contribution in [1.29, 1.82) is 0 Å². The minimum atomic E-state index is -0.773. The molecule has 0 amide bonds. The van der Waals surface area contributed by atoms with E-state index < -0.39 is 6.10 Å². The molecule has 0 fully saturated rings. The molecule has 1 unspecified atom stereocenters. The van der Waals surface area contributed by atoms with Crippen molar-refractivity contribution >= 4 is 17.9 Å². The molecule has 0 heterocycles. The molecular formula is C53H98O6. The molecule has 6 nitrogen and oxygen atoms in total. The maximum atomic E-state index is 12.7. The van der Waals surface area contributed by atoms with Gasteiger partial charge >= 0.3 is 17.9 Å². The van der Waals surface area contributed by atoms with Crippen LogP contribution in [-0.4, -0.2) is 37.2 Å². The molecule has 0 spiro atoms. The van der Waals surface area contributed by atoms with Crippen LogP contribution in [0.5, 0.6) is 0 Å².